The summed E-state index contributed by atoms with van der Waals surface area (Å²) in [4.78, 5) is 15.0. The van der Waals surface area contributed by atoms with Crippen LogP contribution >= 0.6 is 0 Å². The van der Waals surface area contributed by atoms with E-state index >= 15 is 0 Å². The van der Waals surface area contributed by atoms with E-state index in [-0.39, 0.29) is 5.91 Å². The molecule has 1 aromatic heterocycles. The third-order valence-electron chi connectivity index (χ3n) is 5.00. The number of allylic oxidation sites excluding steroid dienone is 1. The molecule has 120 valence electrons. The quantitative estimate of drug-likeness (QED) is 0.800. The first-order valence-corrected chi connectivity index (χ1v) is 8.09. The number of aryl methyl sites for hydroxylation is 1. The summed E-state index contributed by atoms with van der Waals surface area (Å²) in [7, 11) is 3.62. The molecular formula is C17H25N3O2. The molecule has 0 saturated carbocycles. The van der Waals surface area contributed by atoms with Gasteiger partial charge >= 0.3 is 0 Å². The number of hydrogen-bond donors (Lipinski definition) is 0. The van der Waals surface area contributed by atoms with Crippen LogP contribution < -0.4 is 0 Å². The van der Waals surface area contributed by atoms with Gasteiger partial charge < -0.3 is 9.64 Å². The third-order valence-corrected chi connectivity index (χ3v) is 5.00. The van der Waals surface area contributed by atoms with E-state index in [4.69, 9.17) is 4.74 Å². The number of carbonyl (C=O) groups excluding carboxylic acids is 1. The molecule has 2 aliphatic rings. The van der Waals surface area contributed by atoms with Crippen molar-refractivity contribution in [3.05, 3.63) is 30.1 Å². The molecule has 0 spiro atoms. The normalized spacial score (nSPS) is 25.8. The second-order valence-corrected chi connectivity index (χ2v) is 6.54. The van der Waals surface area contributed by atoms with Gasteiger partial charge in [-0.25, -0.2) is 0 Å². The number of amides is 1. The Balaban J connectivity index is 1.63. The van der Waals surface area contributed by atoms with Crippen molar-refractivity contribution < 1.29 is 9.53 Å². The fraction of sp³-hybridized carbons (Fsp3) is 0.647. The predicted octanol–water partition coefficient (Wildman–Crippen LogP) is 2.11. The molecule has 0 aromatic carbocycles. The Morgan fingerprint density at radius 3 is 2.77 bits per heavy atom. The summed E-state index contributed by atoms with van der Waals surface area (Å²) >= 11 is 0. The van der Waals surface area contributed by atoms with E-state index in [0.717, 1.165) is 38.8 Å². The van der Waals surface area contributed by atoms with E-state index in [1.165, 1.54) is 5.56 Å². The Morgan fingerprint density at radius 1 is 1.45 bits per heavy atom. The maximum atomic E-state index is 12.9. The lowest BCUT2D eigenvalue weighted by Crippen LogP contribution is -2.47. The summed E-state index contributed by atoms with van der Waals surface area (Å²) in [5, 5.41) is 4.25. The average molecular weight is 303 g/mol. The number of methoxy groups -OCH3 is 1. The smallest absolute Gasteiger partial charge is 0.234 e. The minimum atomic E-state index is -0.421. The summed E-state index contributed by atoms with van der Waals surface area (Å²) in [5.74, 6) is 0.767. The standard InChI is InChI=1S/C17H25N3O2/c1-19-12-15(11-18-19)14-5-9-20(10-6-14)16(21)17(13-22-2)7-3-4-8-17/h3,7,11-12,14H,4-6,8-10,13H2,1-2H3. The molecule has 5 nitrogen and oxygen atoms in total. The van der Waals surface area contributed by atoms with E-state index in [9.17, 15) is 4.79 Å². The largest absolute Gasteiger partial charge is 0.383 e. The van der Waals surface area contributed by atoms with Crippen LogP contribution in [0.3, 0.4) is 0 Å². The van der Waals surface area contributed by atoms with Crippen LogP contribution in [-0.4, -0.2) is 47.4 Å². The molecule has 0 radical (unpaired) electrons. The zero-order chi connectivity index (χ0) is 15.6. The Hall–Kier alpha value is -1.62. The molecular weight excluding hydrogens is 278 g/mol. The highest BCUT2D eigenvalue weighted by Gasteiger charge is 2.41. The minimum absolute atomic E-state index is 0.243. The minimum Gasteiger partial charge on any atom is -0.383 e. The molecule has 1 amide bonds. The van der Waals surface area contributed by atoms with Gasteiger partial charge in [0.1, 0.15) is 0 Å². The topological polar surface area (TPSA) is 47.4 Å². The fourth-order valence-electron chi connectivity index (χ4n) is 3.73. The Bertz CT molecular complexity index is 558. The number of carbonyl (C=O) groups is 1. The Labute approximate surface area is 131 Å². The van der Waals surface area contributed by atoms with Crippen molar-refractivity contribution in [3.8, 4) is 0 Å². The highest BCUT2D eigenvalue weighted by Crippen LogP contribution is 2.36. The molecule has 1 atom stereocenters. The number of ether oxygens (including phenoxy) is 1. The maximum absolute atomic E-state index is 12.9. The lowest BCUT2D eigenvalue weighted by Gasteiger charge is -2.37. The SMILES string of the molecule is COCC1(C(=O)N2CCC(c3cnn(C)c3)CC2)C=CCC1. The van der Waals surface area contributed by atoms with Crippen LogP contribution in [0.5, 0.6) is 0 Å². The van der Waals surface area contributed by atoms with Crippen LogP contribution in [-0.2, 0) is 16.6 Å². The van der Waals surface area contributed by atoms with Gasteiger partial charge in [0.2, 0.25) is 5.91 Å². The number of hydrogen-bond acceptors (Lipinski definition) is 3. The van der Waals surface area contributed by atoms with Gasteiger partial charge in [-0.3, -0.25) is 9.48 Å². The monoisotopic (exact) mass is 303 g/mol. The molecule has 1 aliphatic carbocycles. The summed E-state index contributed by atoms with van der Waals surface area (Å²) < 4.78 is 7.18. The summed E-state index contributed by atoms with van der Waals surface area (Å²) in [6, 6.07) is 0. The molecule has 0 N–H and O–H groups in total. The summed E-state index contributed by atoms with van der Waals surface area (Å²) in [5.41, 5.74) is 0.873. The van der Waals surface area contributed by atoms with Gasteiger partial charge in [0.25, 0.3) is 0 Å². The van der Waals surface area contributed by atoms with Crippen LogP contribution in [0, 0.1) is 5.41 Å². The van der Waals surface area contributed by atoms with Crippen LogP contribution in [0.25, 0.3) is 0 Å². The van der Waals surface area contributed by atoms with Gasteiger partial charge in [0.15, 0.2) is 0 Å². The van der Waals surface area contributed by atoms with Gasteiger partial charge in [0, 0.05) is 33.4 Å². The lowest BCUT2D eigenvalue weighted by atomic mass is 9.84. The molecule has 1 saturated heterocycles. The third kappa shape index (κ3) is 2.82. The molecule has 0 bridgehead atoms. The number of rotatable bonds is 4. The molecule has 1 aliphatic heterocycles. The number of aromatic nitrogens is 2. The molecule has 1 unspecified atom stereocenters. The van der Waals surface area contributed by atoms with Crippen molar-refractivity contribution >= 4 is 5.91 Å². The average Bonchev–Trinajstić information content (AvgIpc) is 3.17. The van der Waals surface area contributed by atoms with Gasteiger partial charge in [-0.2, -0.15) is 5.10 Å². The Morgan fingerprint density at radius 2 is 2.23 bits per heavy atom. The van der Waals surface area contributed by atoms with Gasteiger partial charge in [-0.05, 0) is 37.2 Å². The van der Waals surface area contributed by atoms with Crippen LogP contribution in [0.4, 0.5) is 0 Å². The summed E-state index contributed by atoms with van der Waals surface area (Å²) in [6.07, 6.45) is 12.1. The first kappa shape index (κ1) is 15.3. The van der Waals surface area contributed by atoms with E-state index < -0.39 is 5.41 Å². The first-order valence-electron chi connectivity index (χ1n) is 8.09. The molecule has 5 heteroatoms. The van der Waals surface area contributed by atoms with Crippen LogP contribution in [0.15, 0.2) is 24.5 Å². The molecule has 3 rings (SSSR count). The predicted molar refractivity (Wildman–Crippen MR) is 84.4 cm³/mol. The van der Waals surface area contributed by atoms with Gasteiger partial charge in [0.05, 0.1) is 18.2 Å². The highest BCUT2D eigenvalue weighted by atomic mass is 16.5. The van der Waals surface area contributed by atoms with E-state index in [2.05, 4.69) is 23.4 Å². The van der Waals surface area contributed by atoms with Crippen molar-refractivity contribution in [2.24, 2.45) is 12.5 Å². The molecule has 1 fully saturated rings. The van der Waals surface area contributed by atoms with Gasteiger partial charge in [-0.1, -0.05) is 12.2 Å². The molecule has 1 aromatic rings. The zero-order valence-corrected chi connectivity index (χ0v) is 13.5. The first-order chi connectivity index (χ1) is 10.6. The van der Waals surface area contributed by atoms with Crippen molar-refractivity contribution in [1.82, 2.24) is 14.7 Å². The Kier molecular flexibility index (Phi) is 4.34. The van der Waals surface area contributed by atoms with E-state index in [1.807, 2.05) is 22.8 Å². The fourth-order valence-corrected chi connectivity index (χ4v) is 3.73. The van der Waals surface area contributed by atoms with Gasteiger partial charge in [-0.15, -0.1) is 0 Å². The van der Waals surface area contributed by atoms with Crippen LogP contribution in [0.1, 0.15) is 37.2 Å². The number of piperidine rings is 1. The number of nitrogens with zero attached hydrogens (tertiary/aromatic N) is 3. The second-order valence-electron chi connectivity index (χ2n) is 6.54. The second kappa shape index (κ2) is 6.24. The molecule has 22 heavy (non-hydrogen) atoms. The summed E-state index contributed by atoms with van der Waals surface area (Å²) in [6.45, 7) is 2.15. The zero-order valence-electron chi connectivity index (χ0n) is 13.5. The van der Waals surface area contributed by atoms with E-state index in [0.29, 0.717) is 12.5 Å². The van der Waals surface area contributed by atoms with E-state index in [1.54, 1.807) is 7.11 Å². The van der Waals surface area contributed by atoms with Crippen molar-refractivity contribution in [1.29, 1.82) is 0 Å². The maximum Gasteiger partial charge on any atom is 0.234 e. The highest BCUT2D eigenvalue weighted by molar-refractivity contribution is 5.85. The van der Waals surface area contributed by atoms with Crippen molar-refractivity contribution in [3.63, 3.8) is 0 Å². The van der Waals surface area contributed by atoms with Crippen molar-refractivity contribution in [2.45, 2.75) is 31.6 Å². The lowest BCUT2D eigenvalue weighted by molar-refractivity contribution is -0.143. The number of likely N-dealkylation sites (tertiary alicyclic amines) is 1. The van der Waals surface area contributed by atoms with Crippen molar-refractivity contribution in [2.75, 3.05) is 26.8 Å². The molecule has 2 heterocycles. The van der Waals surface area contributed by atoms with Crippen LogP contribution in [0.2, 0.25) is 0 Å².